The number of methoxy groups -OCH3 is 1. The van der Waals surface area contributed by atoms with Crippen molar-refractivity contribution in [2.45, 2.75) is 26.4 Å². The lowest BCUT2D eigenvalue weighted by Gasteiger charge is -2.28. The van der Waals surface area contributed by atoms with Crippen LogP contribution in [0.3, 0.4) is 0 Å². The summed E-state index contributed by atoms with van der Waals surface area (Å²) < 4.78 is 8.00. The van der Waals surface area contributed by atoms with E-state index in [4.69, 9.17) is 4.74 Å². The molecule has 0 atom stereocenters. The first-order valence-corrected chi connectivity index (χ1v) is 7.80. The van der Waals surface area contributed by atoms with Crippen LogP contribution in [-0.4, -0.2) is 42.8 Å². The number of aromatic nitrogens is 1. The Morgan fingerprint density at radius 2 is 2.00 bits per heavy atom. The average molecular weight is 287 g/mol. The molecule has 0 radical (unpaired) electrons. The number of nitrogens with zero attached hydrogens (tertiary/aromatic N) is 2. The van der Waals surface area contributed by atoms with Crippen molar-refractivity contribution in [3.63, 3.8) is 0 Å². The molecule has 2 heterocycles. The molecule has 4 nitrogen and oxygen atoms in total. The summed E-state index contributed by atoms with van der Waals surface area (Å²) in [4.78, 5) is 2.52. The van der Waals surface area contributed by atoms with E-state index in [0.29, 0.717) is 6.04 Å². The topological polar surface area (TPSA) is 29.4 Å². The fourth-order valence-corrected chi connectivity index (χ4v) is 3.28. The van der Waals surface area contributed by atoms with Crippen LogP contribution in [0.25, 0.3) is 10.9 Å². The summed E-state index contributed by atoms with van der Waals surface area (Å²) in [6.45, 7) is 9.92. The fourth-order valence-electron chi connectivity index (χ4n) is 3.28. The van der Waals surface area contributed by atoms with Crippen LogP contribution in [0, 0.1) is 0 Å². The highest BCUT2D eigenvalue weighted by Crippen LogP contribution is 2.32. The van der Waals surface area contributed by atoms with Crippen LogP contribution in [0.2, 0.25) is 0 Å². The molecule has 114 valence electrons. The highest BCUT2D eigenvalue weighted by molar-refractivity contribution is 5.87. The number of ether oxygens (including phenoxy) is 1. The Morgan fingerprint density at radius 1 is 1.24 bits per heavy atom. The highest BCUT2D eigenvalue weighted by atomic mass is 16.5. The molecule has 1 aromatic heterocycles. The predicted molar refractivity (Wildman–Crippen MR) is 87.0 cm³/mol. The van der Waals surface area contributed by atoms with Crippen molar-refractivity contribution in [3.05, 3.63) is 30.0 Å². The van der Waals surface area contributed by atoms with Crippen molar-refractivity contribution < 1.29 is 4.74 Å². The summed E-state index contributed by atoms with van der Waals surface area (Å²) in [5.41, 5.74) is 2.60. The van der Waals surface area contributed by atoms with E-state index in [1.54, 1.807) is 7.11 Å². The Labute approximate surface area is 126 Å². The molecular formula is C17H25N3O. The van der Waals surface area contributed by atoms with Gasteiger partial charge in [0.1, 0.15) is 5.75 Å². The molecule has 0 aliphatic carbocycles. The van der Waals surface area contributed by atoms with Gasteiger partial charge in [0.25, 0.3) is 0 Å². The smallest absolute Gasteiger partial charge is 0.143 e. The van der Waals surface area contributed by atoms with E-state index in [1.165, 1.54) is 16.6 Å². The van der Waals surface area contributed by atoms with Gasteiger partial charge in [-0.1, -0.05) is 12.1 Å². The minimum Gasteiger partial charge on any atom is -0.495 e. The minimum atomic E-state index is 0.428. The van der Waals surface area contributed by atoms with Gasteiger partial charge in [-0.3, -0.25) is 4.90 Å². The third kappa shape index (κ3) is 2.78. The number of benzene rings is 1. The van der Waals surface area contributed by atoms with Crippen LogP contribution in [-0.2, 0) is 6.54 Å². The van der Waals surface area contributed by atoms with Crippen LogP contribution < -0.4 is 10.1 Å². The van der Waals surface area contributed by atoms with Gasteiger partial charge in [0.05, 0.1) is 12.6 Å². The maximum atomic E-state index is 5.58. The van der Waals surface area contributed by atoms with Gasteiger partial charge in [0, 0.05) is 49.8 Å². The van der Waals surface area contributed by atoms with E-state index >= 15 is 0 Å². The van der Waals surface area contributed by atoms with Crippen LogP contribution >= 0.6 is 0 Å². The summed E-state index contributed by atoms with van der Waals surface area (Å²) in [5, 5.41) is 4.69. The van der Waals surface area contributed by atoms with E-state index < -0.39 is 0 Å². The lowest BCUT2D eigenvalue weighted by molar-refractivity contribution is 0.227. The zero-order valence-corrected chi connectivity index (χ0v) is 13.2. The van der Waals surface area contributed by atoms with Gasteiger partial charge in [-0.05, 0) is 26.0 Å². The molecule has 1 aromatic carbocycles. The standard InChI is InChI=1S/C17H25N3O/c1-13(2)20-15(12-19-9-7-18-8-10-19)11-14-5-4-6-16(21-3)17(14)20/h4-6,11,13,18H,7-10,12H2,1-3H3. The molecule has 2 aromatic rings. The van der Waals surface area contributed by atoms with Gasteiger partial charge in [-0.15, -0.1) is 0 Å². The molecule has 21 heavy (non-hydrogen) atoms. The number of nitrogens with one attached hydrogen (secondary N) is 1. The van der Waals surface area contributed by atoms with Gasteiger partial charge in [-0.25, -0.2) is 0 Å². The van der Waals surface area contributed by atoms with Crippen molar-refractivity contribution in [2.24, 2.45) is 0 Å². The summed E-state index contributed by atoms with van der Waals surface area (Å²) in [6.07, 6.45) is 0. The Hall–Kier alpha value is -1.52. The molecular weight excluding hydrogens is 262 g/mol. The maximum absolute atomic E-state index is 5.58. The Bertz CT molecular complexity index is 612. The van der Waals surface area contributed by atoms with Crippen LogP contribution in [0.5, 0.6) is 5.75 Å². The molecule has 0 saturated carbocycles. The SMILES string of the molecule is COc1cccc2cc(CN3CCNCC3)n(C(C)C)c12. The van der Waals surface area contributed by atoms with E-state index in [9.17, 15) is 0 Å². The summed E-state index contributed by atoms with van der Waals surface area (Å²) in [7, 11) is 1.75. The number of para-hydroxylation sites is 1. The third-order valence-electron chi connectivity index (χ3n) is 4.23. The van der Waals surface area contributed by atoms with Crippen molar-refractivity contribution >= 4 is 10.9 Å². The van der Waals surface area contributed by atoms with Crippen LogP contribution in [0.1, 0.15) is 25.6 Å². The van der Waals surface area contributed by atoms with Crippen molar-refractivity contribution in [2.75, 3.05) is 33.3 Å². The molecule has 3 rings (SSSR count). The van der Waals surface area contributed by atoms with Gasteiger partial charge in [0.2, 0.25) is 0 Å². The summed E-state index contributed by atoms with van der Waals surface area (Å²) >= 11 is 0. The van der Waals surface area contributed by atoms with Crippen LogP contribution in [0.15, 0.2) is 24.3 Å². The van der Waals surface area contributed by atoms with Crippen molar-refractivity contribution in [1.82, 2.24) is 14.8 Å². The lowest BCUT2D eigenvalue weighted by atomic mass is 10.2. The first-order chi connectivity index (χ1) is 10.2. The molecule has 0 spiro atoms. The first-order valence-electron chi connectivity index (χ1n) is 7.80. The Balaban J connectivity index is 2.02. The Kier molecular flexibility index (Phi) is 4.17. The number of fused-ring (bicyclic) bond motifs is 1. The van der Waals surface area contributed by atoms with Crippen LogP contribution in [0.4, 0.5) is 0 Å². The lowest BCUT2D eigenvalue weighted by Crippen LogP contribution is -2.43. The number of hydrogen-bond acceptors (Lipinski definition) is 3. The second-order valence-corrected chi connectivity index (χ2v) is 6.02. The number of rotatable bonds is 4. The Morgan fingerprint density at radius 3 is 2.67 bits per heavy atom. The van der Waals surface area contributed by atoms with Gasteiger partial charge in [0.15, 0.2) is 0 Å². The normalized spacial score (nSPS) is 16.8. The molecule has 1 N–H and O–H groups in total. The molecule has 1 aliphatic rings. The van der Waals surface area contributed by atoms with E-state index in [0.717, 1.165) is 38.5 Å². The summed E-state index contributed by atoms with van der Waals surface area (Å²) in [6, 6.07) is 9.05. The fraction of sp³-hybridized carbons (Fsp3) is 0.529. The van der Waals surface area contributed by atoms with Gasteiger partial charge in [-0.2, -0.15) is 0 Å². The van der Waals surface area contributed by atoms with Crippen molar-refractivity contribution in [1.29, 1.82) is 0 Å². The maximum Gasteiger partial charge on any atom is 0.143 e. The van der Waals surface area contributed by atoms with Gasteiger partial charge < -0.3 is 14.6 Å². The molecule has 0 amide bonds. The largest absolute Gasteiger partial charge is 0.495 e. The van der Waals surface area contributed by atoms with E-state index in [1.807, 2.05) is 0 Å². The van der Waals surface area contributed by atoms with Crippen molar-refractivity contribution in [3.8, 4) is 5.75 Å². The second-order valence-electron chi connectivity index (χ2n) is 6.02. The average Bonchev–Trinajstić information content (AvgIpc) is 2.86. The monoisotopic (exact) mass is 287 g/mol. The molecule has 0 unspecified atom stereocenters. The second kappa shape index (κ2) is 6.08. The molecule has 1 aliphatic heterocycles. The highest BCUT2D eigenvalue weighted by Gasteiger charge is 2.18. The van der Waals surface area contributed by atoms with E-state index in [2.05, 4.69) is 52.9 Å². The zero-order valence-electron chi connectivity index (χ0n) is 13.2. The predicted octanol–water partition coefficient (Wildman–Crippen LogP) is 2.64. The van der Waals surface area contributed by atoms with Gasteiger partial charge >= 0.3 is 0 Å². The molecule has 1 saturated heterocycles. The molecule has 4 heteroatoms. The molecule has 1 fully saturated rings. The quantitative estimate of drug-likeness (QED) is 0.937. The first kappa shape index (κ1) is 14.4. The third-order valence-corrected chi connectivity index (χ3v) is 4.23. The number of hydrogen-bond donors (Lipinski definition) is 1. The summed E-state index contributed by atoms with van der Waals surface area (Å²) in [5.74, 6) is 0.966. The molecule has 0 bridgehead atoms. The number of piperazine rings is 1. The zero-order chi connectivity index (χ0) is 14.8. The minimum absolute atomic E-state index is 0.428. The van der Waals surface area contributed by atoms with E-state index in [-0.39, 0.29) is 0 Å².